The zero-order valence-electron chi connectivity index (χ0n) is 22.8. The van der Waals surface area contributed by atoms with Gasteiger partial charge in [0.05, 0.1) is 30.4 Å². The summed E-state index contributed by atoms with van der Waals surface area (Å²) in [7, 11) is 0. The summed E-state index contributed by atoms with van der Waals surface area (Å²) in [4.78, 5) is 41.9. The van der Waals surface area contributed by atoms with E-state index in [1.807, 2.05) is 17.0 Å². The minimum atomic E-state index is -0.553. The van der Waals surface area contributed by atoms with E-state index in [-0.39, 0.29) is 24.0 Å². The number of carbonyl (C=O) groups is 2. The number of unbranched alkanes of at least 4 members (excludes halogenated alkanes) is 1. The Morgan fingerprint density at radius 2 is 1.87 bits per heavy atom. The van der Waals surface area contributed by atoms with Gasteiger partial charge in [0, 0.05) is 43.3 Å². The third kappa shape index (κ3) is 5.70. The molecule has 2 aliphatic heterocycles. The Hall–Kier alpha value is -2.91. The number of anilines is 1. The molecule has 2 saturated heterocycles. The van der Waals surface area contributed by atoms with Gasteiger partial charge in [-0.1, -0.05) is 44.0 Å². The van der Waals surface area contributed by atoms with E-state index in [0.717, 1.165) is 48.3 Å². The number of aliphatic hydroxyl groups is 1. The molecule has 1 aliphatic carbocycles. The quantitative estimate of drug-likeness (QED) is 0.502. The van der Waals surface area contributed by atoms with Crippen LogP contribution in [0.2, 0.25) is 5.02 Å². The first-order valence-corrected chi connectivity index (χ1v) is 14.5. The number of aromatic nitrogens is 2. The van der Waals surface area contributed by atoms with Crippen LogP contribution in [-0.4, -0.2) is 82.2 Å². The van der Waals surface area contributed by atoms with Crippen LogP contribution in [-0.2, 0) is 9.53 Å². The normalized spacial score (nSPS) is 23.6. The third-order valence-electron chi connectivity index (χ3n) is 8.31. The molecule has 2 amide bonds. The summed E-state index contributed by atoms with van der Waals surface area (Å²) in [5, 5.41) is 11.0. The maximum absolute atomic E-state index is 14.2. The van der Waals surface area contributed by atoms with Crippen molar-refractivity contribution in [1.29, 1.82) is 0 Å². The van der Waals surface area contributed by atoms with Gasteiger partial charge in [-0.2, -0.15) is 0 Å². The highest BCUT2D eigenvalue weighted by atomic mass is 35.5. The summed E-state index contributed by atoms with van der Waals surface area (Å²) in [6, 6.07) is 7.14. The summed E-state index contributed by atoms with van der Waals surface area (Å²) < 4.78 is 5.55. The maximum Gasteiger partial charge on any atom is 0.410 e. The Balaban J connectivity index is 1.34. The molecular formula is C29H38ClN5O4. The SMILES string of the molecule is CCCCOC(=O)N1CCCC1[C@@H](C(=O)N1CCN(c2ncnc3c2[C@H](C)C[C@H]3O)CC1)c1ccc(Cl)cc1. The second kappa shape index (κ2) is 12.1. The maximum atomic E-state index is 14.2. The molecule has 0 radical (unpaired) electrons. The van der Waals surface area contributed by atoms with Gasteiger partial charge in [0.1, 0.15) is 12.1 Å². The van der Waals surface area contributed by atoms with E-state index >= 15 is 0 Å². The predicted octanol–water partition coefficient (Wildman–Crippen LogP) is 4.50. The lowest BCUT2D eigenvalue weighted by molar-refractivity contribution is -0.134. The summed E-state index contributed by atoms with van der Waals surface area (Å²) in [6.45, 7) is 7.50. The minimum Gasteiger partial charge on any atom is -0.449 e. The lowest BCUT2D eigenvalue weighted by Crippen LogP contribution is -2.53. The fourth-order valence-electron chi connectivity index (χ4n) is 6.24. The van der Waals surface area contributed by atoms with E-state index in [0.29, 0.717) is 50.8 Å². The molecule has 2 aromatic rings. The number of aliphatic hydroxyl groups excluding tert-OH is 1. The lowest BCUT2D eigenvalue weighted by atomic mass is 9.88. The molecule has 0 bridgehead atoms. The van der Waals surface area contributed by atoms with Crippen molar-refractivity contribution in [2.45, 2.75) is 69.9 Å². The molecule has 10 heteroatoms. The van der Waals surface area contributed by atoms with E-state index < -0.39 is 12.0 Å². The Morgan fingerprint density at radius 3 is 2.59 bits per heavy atom. The van der Waals surface area contributed by atoms with Crippen molar-refractivity contribution in [2.75, 3.05) is 44.2 Å². The van der Waals surface area contributed by atoms with Gasteiger partial charge in [-0.3, -0.25) is 4.79 Å². The zero-order chi connectivity index (χ0) is 27.5. The molecule has 4 atom stereocenters. The summed E-state index contributed by atoms with van der Waals surface area (Å²) in [6.07, 6.45) is 4.64. The van der Waals surface area contributed by atoms with Crippen molar-refractivity contribution in [3.63, 3.8) is 0 Å². The molecule has 2 fully saturated rings. The summed E-state index contributed by atoms with van der Waals surface area (Å²) in [5.41, 5.74) is 2.61. The number of fused-ring (bicyclic) bond motifs is 1. The van der Waals surface area contributed by atoms with Gasteiger partial charge in [0.15, 0.2) is 0 Å². The Morgan fingerprint density at radius 1 is 1.13 bits per heavy atom. The van der Waals surface area contributed by atoms with Crippen molar-refractivity contribution < 1.29 is 19.4 Å². The first-order valence-electron chi connectivity index (χ1n) is 14.1. The molecule has 39 heavy (non-hydrogen) atoms. The van der Waals surface area contributed by atoms with Gasteiger partial charge in [0.2, 0.25) is 5.91 Å². The molecule has 1 aromatic carbocycles. The number of ether oxygens (including phenoxy) is 1. The number of carbonyl (C=O) groups excluding carboxylic acids is 2. The lowest BCUT2D eigenvalue weighted by Gasteiger charge is -2.39. The van der Waals surface area contributed by atoms with Gasteiger partial charge in [-0.05, 0) is 49.3 Å². The average molecular weight is 556 g/mol. The molecule has 210 valence electrons. The van der Waals surface area contributed by atoms with Crippen molar-refractivity contribution in [1.82, 2.24) is 19.8 Å². The third-order valence-corrected chi connectivity index (χ3v) is 8.56. The van der Waals surface area contributed by atoms with Crippen LogP contribution in [0.25, 0.3) is 0 Å². The average Bonchev–Trinajstić information content (AvgIpc) is 3.54. The fourth-order valence-corrected chi connectivity index (χ4v) is 6.37. The molecule has 3 aliphatic rings. The van der Waals surface area contributed by atoms with E-state index in [4.69, 9.17) is 16.3 Å². The predicted molar refractivity (Wildman–Crippen MR) is 149 cm³/mol. The number of piperazine rings is 1. The monoisotopic (exact) mass is 555 g/mol. The van der Waals surface area contributed by atoms with Crippen molar-refractivity contribution in [2.24, 2.45) is 0 Å². The first kappa shape index (κ1) is 27.6. The Bertz CT molecular complexity index is 1170. The van der Waals surface area contributed by atoms with E-state index in [2.05, 4.69) is 28.7 Å². The molecule has 3 heterocycles. The number of amides is 2. The molecule has 1 aromatic heterocycles. The van der Waals surface area contributed by atoms with Gasteiger partial charge in [0.25, 0.3) is 0 Å². The molecular weight excluding hydrogens is 518 g/mol. The van der Waals surface area contributed by atoms with Crippen LogP contribution in [0.1, 0.15) is 80.7 Å². The molecule has 9 nitrogen and oxygen atoms in total. The number of benzene rings is 1. The zero-order valence-corrected chi connectivity index (χ0v) is 23.5. The van der Waals surface area contributed by atoms with Crippen LogP contribution in [0.3, 0.4) is 0 Å². The smallest absolute Gasteiger partial charge is 0.410 e. The number of halogens is 1. The van der Waals surface area contributed by atoms with Crippen molar-refractivity contribution in [3.05, 3.63) is 52.4 Å². The molecule has 0 saturated carbocycles. The van der Waals surface area contributed by atoms with E-state index in [1.54, 1.807) is 17.0 Å². The van der Waals surface area contributed by atoms with Crippen LogP contribution >= 0.6 is 11.6 Å². The fraction of sp³-hybridized carbons (Fsp3) is 0.586. The summed E-state index contributed by atoms with van der Waals surface area (Å²) in [5.74, 6) is 0.577. The van der Waals surface area contributed by atoms with Crippen LogP contribution < -0.4 is 4.90 Å². The first-order chi connectivity index (χ1) is 18.9. The highest BCUT2D eigenvalue weighted by Crippen LogP contribution is 2.43. The number of hydrogen-bond donors (Lipinski definition) is 1. The van der Waals surface area contributed by atoms with Gasteiger partial charge in [-0.15, -0.1) is 0 Å². The number of hydrogen-bond acceptors (Lipinski definition) is 7. The second-order valence-corrected chi connectivity index (χ2v) is 11.3. The molecule has 5 rings (SSSR count). The van der Waals surface area contributed by atoms with E-state index in [1.165, 1.54) is 6.33 Å². The molecule has 0 spiro atoms. The second-order valence-electron chi connectivity index (χ2n) is 10.9. The number of rotatable bonds is 7. The Labute approximate surface area is 235 Å². The van der Waals surface area contributed by atoms with Crippen LogP contribution in [0.15, 0.2) is 30.6 Å². The number of likely N-dealkylation sites (tertiary alicyclic amines) is 1. The highest BCUT2D eigenvalue weighted by molar-refractivity contribution is 6.30. The van der Waals surface area contributed by atoms with Crippen LogP contribution in [0.5, 0.6) is 0 Å². The number of nitrogens with zero attached hydrogens (tertiary/aromatic N) is 5. The topological polar surface area (TPSA) is 99.1 Å². The standard InChI is InChI=1S/C29H38ClN5O4/c1-3-4-16-39-29(38)35-11-5-6-22(35)25(20-7-9-21(30)10-8-20)28(37)34-14-12-33(13-15-34)27-24-19(2)17-23(36)26(24)31-18-32-27/h7-10,18-19,22-23,25,36H,3-6,11-17H2,1-2H3/t19-,22?,23-,25+/m1/s1. The van der Waals surface area contributed by atoms with Crippen LogP contribution in [0.4, 0.5) is 10.6 Å². The van der Waals surface area contributed by atoms with Crippen LogP contribution in [0, 0.1) is 0 Å². The van der Waals surface area contributed by atoms with Gasteiger partial charge in [-0.25, -0.2) is 14.8 Å². The van der Waals surface area contributed by atoms with Gasteiger partial charge < -0.3 is 24.5 Å². The van der Waals surface area contributed by atoms with Crippen molar-refractivity contribution in [3.8, 4) is 0 Å². The van der Waals surface area contributed by atoms with Gasteiger partial charge >= 0.3 is 6.09 Å². The largest absolute Gasteiger partial charge is 0.449 e. The van der Waals surface area contributed by atoms with Crippen molar-refractivity contribution >= 4 is 29.4 Å². The Kier molecular flexibility index (Phi) is 8.57. The minimum absolute atomic E-state index is 0.0203. The summed E-state index contributed by atoms with van der Waals surface area (Å²) >= 11 is 6.18. The van der Waals surface area contributed by atoms with E-state index in [9.17, 15) is 14.7 Å². The molecule has 1 N–H and O–H groups in total. The highest BCUT2D eigenvalue weighted by Gasteiger charge is 2.42. The molecule has 1 unspecified atom stereocenters.